The molecule has 0 aliphatic carbocycles. The fourth-order valence-electron chi connectivity index (χ4n) is 2.56. The highest BCUT2D eigenvalue weighted by Gasteiger charge is 2.19. The van der Waals surface area contributed by atoms with Crippen LogP contribution in [0.2, 0.25) is 0 Å². The van der Waals surface area contributed by atoms with Crippen LogP contribution in [-0.2, 0) is 6.54 Å². The van der Waals surface area contributed by atoms with Crippen molar-refractivity contribution in [2.24, 2.45) is 0 Å². The van der Waals surface area contributed by atoms with Gasteiger partial charge in [-0.05, 0) is 38.1 Å². The fraction of sp³-hybridized carbons (Fsp3) is 0.462. The van der Waals surface area contributed by atoms with Gasteiger partial charge in [-0.15, -0.1) is 0 Å². The summed E-state index contributed by atoms with van der Waals surface area (Å²) in [6, 6.07) is 4.18. The van der Waals surface area contributed by atoms with Gasteiger partial charge in [0.1, 0.15) is 17.8 Å². The number of carbonyl (C=O) groups is 1. The van der Waals surface area contributed by atoms with Gasteiger partial charge in [-0.3, -0.25) is 9.89 Å². The van der Waals surface area contributed by atoms with E-state index in [1.54, 1.807) is 0 Å². The Kier molecular flexibility index (Phi) is 3.78. The summed E-state index contributed by atoms with van der Waals surface area (Å²) in [6.07, 6.45) is 5.52. The predicted molar refractivity (Wildman–Crippen MR) is 73.1 cm³/mol. The van der Waals surface area contributed by atoms with Crippen molar-refractivity contribution in [2.75, 3.05) is 13.1 Å². The zero-order valence-corrected chi connectivity index (χ0v) is 11.2. The number of hydrogen-bond donors (Lipinski definition) is 3. The Morgan fingerprint density at radius 1 is 1.45 bits per heavy atom. The summed E-state index contributed by atoms with van der Waals surface area (Å²) in [5.74, 6) is 0.572. The molecule has 2 aromatic heterocycles. The fourth-order valence-corrected chi connectivity index (χ4v) is 2.56. The van der Waals surface area contributed by atoms with E-state index in [2.05, 4.69) is 30.4 Å². The van der Waals surface area contributed by atoms with E-state index in [0.29, 0.717) is 24.1 Å². The summed E-state index contributed by atoms with van der Waals surface area (Å²) >= 11 is 0. The molecule has 3 N–H and O–H groups in total. The lowest BCUT2D eigenvalue weighted by molar-refractivity contribution is 0.0937. The van der Waals surface area contributed by atoms with Gasteiger partial charge >= 0.3 is 0 Å². The number of nitrogens with one attached hydrogen (secondary N) is 3. The molecule has 0 aromatic carbocycles. The van der Waals surface area contributed by atoms with Crippen LogP contribution in [0.1, 0.15) is 35.2 Å². The number of rotatable bonds is 4. The highest BCUT2D eigenvalue weighted by molar-refractivity contribution is 5.92. The summed E-state index contributed by atoms with van der Waals surface area (Å²) < 4.78 is 2.08. The minimum absolute atomic E-state index is 0.0788. The lowest BCUT2D eigenvalue weighted by Crippen LogP contribution is -2.32. The maximum Gasteiger partial charge on any atom is 0.268 e. The van der Waals surface area contributed by atoms with Crippen molar-refractivity contribution in [1.82, 2.24) is 30.4 Å². The van der Waals surface area contributed by atoms with Crippen LogP contribution in [-0.4, -0.2) is 38.7 Å². The van der Waals surface area contributed by atoms with E-state index in [0.717, 1.165) is 25.9 Å². The molecule has 0 spiro atoms. The molecule has 7 heteroatoms. The van der Waals surface area contributed by atoms with Gasteiger partial charge in [-0.25, -0.2) is 4.98 Å². The first-order valence-corrected chi connectivity index (χ1v) is 6.84. The topological polar surface area (TPSA) is 87.6 Å². The first-order valence-electron chi connectivity index (χ1n) is 6.84. The second-order valence-corrected chi connectivity index (χ2v) is 4.90. The first kappa shape index (κ1) is 12.9. The predicted octanol–water partition coefficient (Wildman–Crippen LogP) is 0.461. The second-order valence-electron chi connectivity index (χ2n) is 4.90. The van der Waals surface area contributed by atoms with Crippen molar-refractivity contribution >= 4 is 5.91 Å². The smallest absolute Gasteiger partial charge is 0.268 e. The summed E-state index contributed by atoms with van der Waals surface area (Å²) in [4.78, 5) is 16.2. The maximum atomic E-state index is 12.3. The standard InChI is InChI=1S/C13H18N6O/c20-13(15-8-12-16-9-17-18-12)11-2-1-7-19(11)10-3-5-14-6-4-10/h1-2,7,9-10,14H,3-6,8H2,(H,15,20)(H,16,17,18). The minimum atomic E-state index is -0.0788. The quantitative estimate of drug-likeness (QED) is 0.756. The number of piperidine rings is 1. The van der Waals surface area contributed by atoms with Crippen molar-refractivity contribution in [3.8, 4) is 0 Å². The highest BCUT2D eigenvalue weighted by atomic mass is 16.1. The molecule has 1 aliphatic heterocycles. The molecular formula is C13H18N6O. The van der Waals surface area contributed by atoms with Crippen LogP contribution < -0.4 is 10.6 Å². The molecule has 7 nitrogen and oxygen atoms in total. The zero-order chi connectivity index (χ0) is 13.8. The molecule has 1 aliphatic rings. The van der Waals surface area contributed by atoms with Gasteiger partial charge in [0.25, 0.3) is 5.91 Å². The van der Waals surface area contributed by atoms with Crippen LogP contribution in [0.3, 0.4) is 0 Å². The zero-order valence-electron chi connectivity index (χ0n) is 11.2. The number of H-pyrrole nitrogens is 1. The van der Waals surface area contributed by atoms with Crippen LogP contribution in [0, 0.1) is 0 Å². The monoisotopic (exact) mass is 274 g/mol. The summed E-state index contributed by atoms with van der Waals surface area (Å²) in [6.45, 7) is 2.36. The average Bonchev–Trinajstić information content (AvgIpc) is 3.17. The Bertz CT molecular complexity index is 555. The van der Waals surface area contributed by atoms with Crippen LogP contribution >= 0.6 is 0 Å². The van der Waals surface area contributed by atoms with Gasteiger partial charge in [-0.1, -0.05) is 0 Å². The van der Waals surface area contributed by atoms with Crippen molar-refractivity contribution in [1.29, 1.82) is 0 Å². The molecule has 20 heavy (non-hydrogen) atoms. The Morgan fingerprint density at radius 2 is 2.30 bits per heavy atom. The molecule has 3 heterocycles. The average molecular weight is 274 g/mol. The third-order valence-corrected chi connectivity index (χ3v) is 3.59. The Balaban J connectivity index is 1.67. The van der Waals surface area contributed by atoms with E-state index in [9.17, 15) is 4.79 Å². The van der Waals surface area contributed by atoms with E-state index >= 15 is 0 Å². The van der Waals surface area contributed by atoms with Crippen molar-refractivity contribution in [3.05, 3.63) is 36.2 Å². The Hall–Kier alpha value is -2.15. The largest absolute Gasteiger partial charge is 0.343 e. The van der Waals surface area contributed by atoms with Crippen LogP contribution in [0.25, 0.3) is 0 Å². The molecule has 1 saturated heterocycles. The van der Waals surface area contributed by atoms with E-state index < -0.39 is 0 Å². The first-order chi connectivity index (χ1) is 9.84. The lowest BCUT2D eigenvalue weighted by Gasteiger charge is -2.25. The Morgan fingerprint density at radius 3 is 3.05 bits per heavy atom. The summed E-state index contributed by atoms with van der Waals surface area (Å²) in [5.41, 5.74) is 0.705. The van der Waals surface area contributed by atoms with E-state index in [4.69, 9.17) is 0 Å². The van der Waals surface area contributed by atoms with Gasteiger partial charge in [0.15, 0.2) is 0 Å². The van der Waals surface area contributed by atoms with E-state index in [1.807, 2.05) is 18.3 Å². The molecule has 0 bridgehead atoms. The molecule has 0 saturated carbocycles. The number of nitrogens with zero attached hydrogens (tertiary/aromatic N) is 3. The van der Waals surface area contributed by atoms with E-state index in [1.165, 1.54) is 6.33 Å². The molecule has 1 amide bonds. The SMILES string of the molecule is O=C(NCc1ncn[nH]1)c1cccn1C1CCNCC1. The van der Waals surface area contributed by atoms with E-state index in [-0.39, 0.29) is 5.91 Å². The maximum absolute atomic E-state index is 12.3. The van der Waals surface area contributed by atoms with Crippen molar-refractivity contribution in [2.45, 2.75) is 25.4 Å². The number of amides is 1. The highest BCUT2D eigenvalue weighted by Crippen LogP contribution is 2.21. The molecule has 1 fully saturated rings. The third-order valence-electron chi connectivity index (χ3n) is 3.59. The number of hydrogen-bond acceptors (Lipinski definition) is 4. The summed E-state index contributed by atoms with van der Waals surface area (Å²) in [5, 5.41) is 12.7. The molecule has 106 valence electrons. The van der Waals surface area contributed by atoms with Crippen LogP contribution in [0.15, 0.2) is 24.7 Å². The van der Waals surface area contributed by atoms with Gasteiger partial charge < -0.3 is 15.2 Å². The number of aromatic amines is 1. The molecular weight excluding hydrogens is 256 g/mol. The van der Waals surface area contributed by atoms with Crippen molar-refractivity contribution < 1.29 is 4.79 Å². The van der Waals surface area contributed by atoms with Gasteiger partial charge in [-0.2, -0.15) is 5.10 Å². The molecule has 3 rings (SSSR count). The Labute approximate surface area is 116 Å². The van der Waals surface area contributed by atoms with Gasteiger partial charge in [0.2, 0.25) is 0 Å². The minimum Gasteiger partial charge on any atom is -0.343 e. The summed E-state index contributed by atoms with van der Waals surface area (Å²) in [7, 11) is 0. The number of aromatic nitrogens is 4. The molecule has 0 unspecified atom stereocenters. The van der Waals surface area contributed by atoms with Crippen LogP contribution in [0.5, 0.6) is 0 Å². The molecule has 0 atom stereocenters. The van der Waals surface area contributed by atoms with Crippen molar-refractivity contribution in [3.63, 3.8) is 0 Å². The van der Waals surface area contributed by atoms with Crippen LogP contribution in [0.4, 0.5) is 0 Å². The van der Waals surface area contributed by atoms with Gasteiger partial charge in [0, 0.05) is 12.2 Å². The molecule has 0 radical (unpaired) electrons. The normalized spacial score (nSPS) is 16.2. The number of carbonyl (C=O) groups excluding carboxylic acids is 1. The molecule has 2 aromatic rings. The second kappa shape index (κ2) is 5.87. The van der Waals surface area contributed by atoms with Gasteiger partial charge in [0.05, 0.1) is 6.54 Å². The lowest BCUT2D eigenvalue weighted by atomic mass is 10.1. The third kappa shape index (κ3) is 2.72.